The molecular formula is C16H27NO3. The average Bonchev–Trinajstić information content (AvgIpc) is 2.48. The van der Waals surface area contributed by atoms with Gasteiger partial charge < -0.3 is 19.9 Å². The number of benzene rings is 1. The minimum atomic E-state index is 0.228. The maximum atomic E-state index is 8.74. The number of methoxy groups -OCH3 is 1. The Hall–Kier alpha value is -1.10. The first-order valence-corrected chi connectivity index (χ1v) is 7.37. The second-order valence-corrected chi connectivity index (χ2v) is 4.81. The monoisotopic (exact) mass is 281 g/mol. The van der Waals surface area contributed by atoms with Gasteiger partial charge in [-0.2, -0.15) is 0 Å². The standard InChI is InChI=1S/C16H27NO3/c1-3-4-10-20-13-15-11-14(6-7-16(15)19-2)12-17-8-5-9-18/h6-7,11,17-18H,3-5,8-10,12-13H2,1-2H3. The van der Waals surface area contributed by atoms with Crippen LogP contribution in [0.25, 0.3) is 0 Å². The quantitative estimate of drug-likeness (QED) is 0.612. The van der Waals surface area contributed by atoms with E-state index in [1.54, 1.807) is 7.11 Å². The van der Waals surface area contributed by atoms with Crippen molar-refractivity contribution < 1.29 is 14.6 Å². The number of aliphatic hydroxyl groups excluding tert-OH is 1. The molecule has 0 bridgehead atoms. The van der Waals surface area contributed by atoms with Gasteiger partial charge in [-0.15, -0.1) is 0 Å². The summed E-state index contributed by atoms with van der Waals surface area (Å²) in [5.74, 6) is 0.876. The largest absolute Gasteiger partial charge is 0.496 e. The number of hydrogen-bond donors (Lipinski definition) is 2. The molecule has 0 atom stereocenters. The van der Waals surface area contributed by atoms with Crippen LogP contribution in [0.3, 0.4) is 0 Å². The first-order valence-electron chi connectivity index (χ1n) is 7.37. The Balaban J connectivity index is 2.51. The van der Waals surface area contributed by atoms with E-state index in [4.69, 9.17) is 14.6 Å². The Bertz CT molecular complexity index is 369. The number of unbranched alkanes of at least 4 members (excludes halogenated alkanes) is 1. The van der Waals surface area contributed by atoms with Crippen LogP contribution in [0.15, 0.2) is 18.2 Å². The van der Waals surface area contributed by atoms with Gasteiger partial charge in [-0.05, 0) is 37.1 Å². The summed E-state index contributed by atoms with van der Waals surface area (Å²) in [6, 6.07) is 6.17. The highest BCUT2D eigenvalue weighted by Gasteiger charge is 2.05. The van der Waals surface area contributed by atoms with Gasteiger partial charge in [-0.25, -0.2) is 0 Å². The minimum absolute atomic E-state index is 0.228. The van der Waals surface area contributed by atoms with E-state index in [2.05, 4.69) is 24.4 Å². The Labute approximate surface area is 122 Å². The van der Waals surface area contributed by atoms with Crippen molar-refractivity contribution in [3.05, 3.63) is 29.3 Å². The van der Waals surface area contributed by atoms with Crippen LogP contribution in [-0.4, -0.2) is 32.0 Å². The summed E-state index contributed by atoms with van der Waals surface area (Å²) in [7, 11) is 1.68. The lowest BCUT2D eigenvalue weighted by atomic mass is 10.1. The molecule has 0 aromatic heterocycles. The van der Waals surface area contributed by atoms with Crippen molar-refractivity contribution in [2.75, 3.05) is 26.9 Å². The van der Waals surface area contributed by atoms with E-state index in [0.717, 1.165) is 50.3 Å². The second kappa shape index (κ2) is 10.7. The van der Waals surface area contributed by atoms with E-state index in [0.29, 0.717) is 6.61 Å². The Kier molecular flexibility index (Phi) is 9.04. The SMILES string of the molecule is CCCCOCc1cc(CNCCCO)ccc1OC. The molecule has 0 aliphatic heterocycles. The van der Waals surface area contributed by atoms with Gasteiger partial charge in [0.1, 0.15) is 5.75 Å². The lowest BCUT2D eigenvalue weighted by Gasteiger charge is -2.12. The van der Waals surface area contributed by atoms with Gasteiger partial charge in [-0.1, -0.05) is 19.4 Å². The van der Waals surface area contributed by atoms with Gasteiger partial charge >= 0.3 is 0 Å². The third-order valence-corrected chi connectivity index (χ3v) is 3.09. The number of nitrogens with one attached hydrogen (secondary N) is 1. The predicted octanol–water partition coefficient (Wildman–Crippen LogP) is 2.48. The summed E-state index contributed by atoms with van der Waals surface area (Å²) in [6.07, 6.45) is 3.01. The molecule has 4 nitrogen and oxygen atoms in total. The molecule has 20 heavy (non-hydrogen) atoms. The van der Waals surface area contributed by atoms with Crippen LogP contribution in [0.5, 0.6) is 5.75 Å². The molecule has 0 spiro atoms. The molecule has 4 heteroatoms. The molecule has 0 unspecified atom stereocenters. The predicted molar refractivity (Wildman–Crippen MR) is 81.0 cm³/mol. The fraction of sp³-hybridized carbons (Fsp3) is 0.625. The Morgan fingerprint density at radius 3 is 2.80 bits per heavy atom. The van der Waals surface area contributed by atoms with Crippen molar-refractivity contribution in [2.45, 2.75) is 39.3 Å². The van der Waals surface area contributed by atoms with E-state index >= 15 is 0 Å². The highest BCUT2D eigenvalue weighted by Crippen LogP contribution is 2.21. The van der Waals surface area contributed by atoms with E-state index in [-0.39, 0.29) is 6.61 Å². The van der Waals surface area contributed by atoms with E-state index in [1.165, 1.54) is 5.56 Å². The van der Waals surface area contributed by atoms with E-state index in [9.17, 15) is 0 Å². The summed E-state index contributed by atoms with van der Waals surface area (Å²) in [5, 5.41) is 12.0. The number of ether oxygens (including phenoxy) is 2. The molecule has 0 saturated heterocycles. The first kappa shape index (κ1) is 17.0. The molecule has 1 aromatic rings. The summed E-state index contributed by atoms with van der Waals surface area (Å²) in [5.41, 5.74) is 2.29. The van der Waals surface area contributed by atoms with Gasteiger partial charge in [0.2, 0.25) is 0 Å². The number of rotatable bonds is 11. The van der Waals surface area contributed by atoms with Gasteiger partial charge in [0.15, 0.2) is 0 Å². The van der Waals surface area contributed by atoms with Crippen molar-refractivity contribution in [3.8, 4) is 5.75 Å². The number of hydrogen-bond acceptors (Lipinski definition) is 4. The normalized spacial score (nSPS) is 10.8. The Morgan fingerprint density at radius 1 is 1.25 bits per heavy atom. The summed E-state index contributed by atoms with van der Waals surface area (Å²) >= 11 is 0. The van der Waals surface area contributed by atoms with Crippen LogP contribution < -0.4 is 10.1 Å². The van der Waals surface area contributed by atoms with Crippen LogP contribution in [0.2, 0.25) is 0 Å². The minimum Gasteiger partial charge on any atom is -0.496 e. The van der Waals surface area contributed by atoms with Crippen LogP contribution in [0, 0.1) is 0 Å². The summed E-state index contributed by atoms with van der Waals surface area (Å²) < 4.78 is 11.0. The molecule has 1 rings (SSSR count). The van der Waals surface area contributed by atoms with Gasteiger partial charge in [0, 0.05) is 25.3 Å². The summed E-state index contributed by atoms with van der Waals surface area (Å²) in [4.78, 5) is 0. The van der Waals surface area contributed by atoms with Crippen LogP contribution in [0.1, 0.15) is 37.3 Å². The zero-order chi connectivity index (χ0) is 14.6. The first-order chi connectivity index (χ1) is 9.81. The third-order valence-electron chi connectivity index (χ3n) is 3.09. The highest BCUT2D eigenvalue weighted by molar-refractivity contribution is 5.36. The Morgan fingerprint density at radius 2 is 2.10 bits per heavy atom. The van der Waals surface area contributed by atoms with Crippen molar-refractivity contribution in [3.63, 3.8) is 0 Å². The molecule has 0 heterocycles. The van der Waals surface area contributed by atoms with Gasteiger partial charge in [0.05, 0.1) is 13.7 Å². The van der Waals surface area contributed by atoms with Crippen molar-refractivity contribution >= 4 is 0 Å². The summed E-state index contributed by atoms with van der Waals surface area (Å²) in [6.45, 7) is 5.39. The third kappa shape index (κ3) is 6.37. The van der Waals surface area contributed by atoms with Gasteiger partial charge in [0.25, 0.3) is 0 Å². The van der Waals surface area contributed by atoms with E-state index in [1.807, 2.05) is 6.07 Å². The molecule has 0 aliphatic rings. The highest BCUT2D eigenvalue weighted by atomic mass is 16.5. The molecule has 0 aliphatic carbocycles. The van der Waals surface area contributed by atoms with Crippen molar-refractivity contribution in [2.24, 2.45) is 0 Å². The number of aliphatic hydroxyl groups is 1. The molecule has 0 saturated carbocycles. The lowest BCUT2D eigenvalue weighted by Crippen LogP contribution is -2.15. The molecule has 0 fully saturated rings. The fourth-order valence-electron chi connectivity index (χ4n) is 1.92. The zero-order valence-electron chi connectivity index (χ0n) is 12.7. The van der Waals surface area contributed by atoms with Crippen LogP contribution in [0.4, 0.5) is 0 Å². The van der Waals surface area contributed by atoms with Gasteiger partial charge in [-0.3, -0.25) is 0 Å². The van der Waals surface area contributed by atoms with Crippen molar-refractivity contribution in [1.29, 1.82) is 0 Å². The van der Waals surface area contributed by atoms with Crippen molar-refractivity contribution in [1.82, 2.24) is 5.32 Å². The fourth-order valence-corrected chi connectivity index (χ4v) is 1.92. The molecule has 1 aromatic carbocycles. The lowest BCUT2D eigenvalue weighted by molar-refractivity contribution is 0.116. The second-order valence-electron chi connectivity index (χ2n) is 4.81. The molecule has 114 valence electrons. The maximum Gasteiger partial charge on any atom is 0.124 e. The molecule has 0 radical (unpaired) electrons. The molecule has 0 amide bonds. The zero-order valence-corrected chi connectivity index (χ0v) is 12.7. The van der Waals surface area contributed by atoms with E-state index < -0.39 is 0 Å². The molecule has 2 N–H and O–H groups in total. The topological polar surface area (TPSA) is 50.7 Å². The van der Waals surface area contributed by atoms with Crippen LogP contribution in [-0.2, 0) is 17.9 Å². The smallest absolute Gasteiger partial charge is 0.124 e. The average molecular weight is 281 g/mol. The molecular weight excluding hydrogens is 254 g/mol. The maximum absolute atomic E-state index is 8.74. The van der Waals surface area contributed by atoms with Crippen LogP contribution >= 0.6 is 0 Å².